The second-order valence-corrected chi connectivity index (χ2v) is 6.14. The van der Waals surface area contributed by atoms with Crippen LogP contribution in [0.2, 0.25) is 0 Å². The number of aromatic nitrogens is 2. The van der Waals surface area contributed by atoms with E-state index in [0.717, 1.165) is 5.56 Å². The van der Waals surface area contributed by atoms with Crippen LogP contribution in [0.15, 0.2) is 12.4 Å². The molecule has 0 fully saturated rings. The molecule has 15 heavy (non-hydrogen) atoms. The summed E-state index contributed by atoms with van der Waals surface area (Å²) < 4.78 is 1.22. The van der Waals surface area contributed by atoms with E-state index in [1.54, 1.807) is 22.8 Å². The van der Waals surface area contributed by atoms with E-state index in [-0.39, 0.29) is 5.91 Å². The molecule has 0 unspecified atom stereocenters. The van der Waals surface area contributed by atoms with Crippen molar-refractivity contribution >= 4 is 21.8 Å². The van der Waals surface area contributed by atoms with Gasteiger partial charge in [0.1, 0.15) is 0 Å². The van der Waals surface area contributed by atoms with Crippen LogP contribution in [0.25, 0.3) is 0 Å². The smallest absolute Gasteiger partial charge is 0.238 e. The molecule has 1 aromatic heterocycles. The molecule has 1 rings (SSSR count). The molecule has 0 radical (unpaired) electrons. The fraction of sp³-hybridized carbons (Fsp3) is 0.600. The van der Waals surface area contributed by atoms with Gasteiger partial charge in [-0.15, -0.1) is 0 Å². The van der Waals surface area contributed by atoms with Crippen molar-refractivity contribution < 1.29 is 4.79 Å². The Bertz CT molecular complexity index is 354. The van der Waals surface area contributed by atoms with Crippen molar-refractivity contribution in [3.63, 3.8) is 0 Å². The SMILES string of the molecule is CN(Cc1cnn(C)c1)C(=O)C(C)(C)Br. The zero-order valence-corrected chi connectivity index (χ0v) is 11.1. The highest BCUT2D eigenvalue weighted by Gasteiger charge is 2.27. The number of carbonyl (C=O) groups is 1. The van der Waals surface area contributed by atoms with Crippen LogP contribution in [0.3, 0.4) is 0 Å². The molecule has 0 aliphatic rings. The van der Waals surface area contributed by atoms with Gasteiger partial charge < -0.3 is 4.90 Å². The summed E-state index contributed by atoms with van der Waals surface area (Å²) in [5.74, 6) is 0.0614. The van der Waals surface area contributed by atoms with Gasteiger partial charge in [0.15, 0.2) is 0 Å². The molecule has 0 N–H and O–H groups in total. The number of hydrogen-bond acceptors (Lipinski definition) is 2. The molecule has 0 spiro atoms. The lowest BCUT2D eigenvalue weighted by molar-refractivity contribution is -0.131. The molecule has 1 aromatic rings. The van der Waals surface area contributed by atoms with Gasteiger partial charge in [-0.05, 0) is 13.8 Å². The van der Waals surface area contributed by atoms with Crippen LogP contribution in [-0.2, 0) is 18.4 Å². The topological polar surface area (TPSA) is 38.1 Å². The van der Waals surface area contributed by atoms with Crippen molar-refractivity contribution in [2.75, 3.05) is 7.05 Å². The van der Waals surface area contributed by atoms with Gasteiger partial charge in [0.2, 0.25) is 5.91 Å². The van der Waals surface area contributed by atoms with Crippen LogP contribution < -0.4 is 0 Å². The lowest BCUT2D eigenvalue weighted by Gasteiger charge is -2.24. The molecule has 0 aliphatic heterocycles. The van der Waals surface area contributed by atoms with E-state index >= 15 is 0 Å². The van der Waals surface area contributed by atoms with E-state index in [4.69, 9.17) is 0 Å². The number of aryl methyl sites for hydroxylation is 1. The minimum Gasteiger partial charge on any atom is -0.340 e. The molecule has 0 aromatic carbocycles. The van der Waals surface area contributed by atoms with Gasteiger partial charge in [-0.25, -0.2) is 0 Å². The number of rotatable bonds is 3. The summed E-state index contributed by atoms with van der Waals surface area (Å²) in [6.07, 6.45) is 3.68. The molecule has 84 valence electrons. The second-order valence-electron chi connectivity index (χ2n) is 4.16. The van der Waals surface area contributed by atoms with Crippen molar-refractivity contribution in [2.45, 2.75) is 24.7 Å². The van der Waals surface area contributed by atoms with Crippen molar-refractivity contribution in [1.82, 2.24) is 14.7 Å². The largest absolute Gasteiger partial charge is 0.340 e. The van der Waals surface area contributed by atoms with Crippen LogP contribution in [0.4, 0.5) is 0 Å². The molecule has 0 aliphatic carbocycles. The summed E-state index contributed by atoms with van der Waals surface area (Å²) in [4.78, 5) is 13.5. The third-order valence-corrected chi connectivity index (χ3v) is 2.37. The molecule has 1 heterocycles. The Labute approximate surface area is 98.4 Å². The van der Waals surface area contributed by atoms with Crippen LogP contribution in [-0.4, -0.2) is 32.0 Å². The first kappa shape index (κ1) is 12.2. The van der Waals surface area contributed by atoms with E-state index in [9.17, 15) is 4.79 Å². The zero-order valence-electron chi connectivity index (χ0n) is 9.49. The highest BCUT2D eigenvalue weighted by Crippen LogP contribution is 2.19. The quantitative estimate of drug-likeness (QED) is 0.784. The van der Waals surface area contributed by atoms with Crippen molar-refractivity contribution in [2.24, 2.45) is 7.05 Å². The third-order valence-electron chi connectivity index (χ3n) is 2.03. The van der Waals surface area contributed by atoms with Crippen molar-refractivity contribution in [3.05, 3.63) is 18.0 Å². The average molecular weight is 274 g/mol. The molecule has 0 saturated carbocycles. The molecular formula is C10H16BrN3O. The van der Waals surface area contributed by atoms with Gasteiger partial charge in [-0.1, -0.05) is 15.9 Å². The number of nitrogens with zero attached hydrogens (tertiary/aromatic N) is 3. The van der Waals surface area contributed by atoms with Crippen LogP contribution in [0, 0.1) is 0 Å². The number of alkyl halides is 1. The van der Waals surface area contributed by atoms with E-state index < -0.39 is 4.32 Å². The molecule has 0 atom stereocenters. The summed E-state index contributed by atoms with van der Waals surface area (Å²) in [5, 5.41) is 4.06. The highest BCUT2D eigenvalue weighted by molar-refractivity contribution is 9.10. The summed E-state index contributed by atoms with van der Waals surface area (Å²) in [7, 11) is 3.65. The number of hydrogen-bond donors (Lipinski definition) is 0. The fourth-order valence-electron chi connectivity index (χ4n) is 1.35. The van der Waals surface area contributed by atoms with Crippen LogP contribution in [0.5, 0.6) is 0 Å². The van der Waals surface area contributed by atoms with Gasteiger partial charge in [0.25, 0.3) is 0 Å². The first-order valence-electron chi connectivity index (χ1n) is 4.72. The fourth-order valence-corrected chi connectivity index (χ4v) is 1.66. The Morgan fingerprint density at radius 3 is 2.67 bits per heavy atom. The summed E-state index contributed by atoms with van der Waals surface area (Å²) in [5.41, 5.74) is 1.03. The summed E-state index contributed by atoms with van der Waals surface area (Å²) >= 11 is 3.35. The highest BCUT2D eigenvalue weighted by atomic mass is 79.9. The molecule has 4 nitrogen and oxygen atoms in total. The number of carbonyl (C=O) groups excluding carboxylic acids is 1. The maximum Gasteiger partial charge on any atom is 0.238 e. The minimum atomic E-state index is -0.510. The normalized spacial score (nSPS) is 11.5. The molecular weight excluding hydrogens is 258 g/mol. The maximum absolute atomic E-state index is 11.8. The predicted molar refractivity (Wildman–Crippen MR) is 62.7 cm³/mol. The summed E-state index contributed by atoms with van der Waals surface area (Å²) in [6, 6.07) is 0. The van der Waals surface area contributed by atoms with Gasteiger partial charge in [-0.2, -0.15) is 5.10 Å². The lowest BCUT2D eigenvalue weighted by Crippen LogP contribution is -2.38. The minimum absolute atomic E-state index is 0.0614. The van der Waals surface area contributed by atoms with E-state index in [1.165, 1.54) is 0 Å². The Morgan fingerprint density at radius 2 is 2.27 bits per heavy atom. The second kappa shape index (κ2) is 4.35. The van der Waals surface area contributed by atoms with Gasteiger partial charge in [0, 0.05) is 32.4 Å². The first-order valence-corrected chi connectivity index (χ1v) is 5.52. The molecule has 1 amide bonds. The van der Waals surface area contributed by atoms with E-state index in [0.29, 0.717) is 6.54 Å². The zero-order chi connectivity index (χ0) is 11.6. The Morgan fingerprint density at radius 1 is 1.67 bits per heavy atom. The Balaban J connectivity index is 2.64. The van der Waals surface area contributed by atoms with E-state index in [1.807, 2.05) is 27.1 Å². The number of halogens is 1. The van der Waals surface area contributed by atoms with Gasteiger partial charge >= 0.3 is 0 Å². The maximum atomic E-state index is 11.8. The van der Waals surface area contributed by atoms with Crippen LogP contribution in [0.1, 0.15) is 19.4 Å². The molecule has 0 saturated heterocycles. The monoisotopic (exact) mass is 273 g/mol. The summed E-state index contributed by atoms with van der Waals surface area (Å²) in [6.45, 7) is 4.27. The van der Waals surface area contributed by atoms with Crippen LogP contribution >= 0.6 is 15.9 Å². The molecule has 0 bridgehead atoms. The number of amides is 1. The Kier molecular flexibility index (Phi) is 3.54. The predicted octanol–water partition coefficient (Wildman–Crippen LogP) is 1.55. The molecule has 5 heteroatoms. The first-order chi connectivity index (χ1) is 6.80. The van der Waals surface area contributed by atoms with Crippen molar-refractivity contribution in [1.29, 1.82) is 0 Å². The standard InChI is InChI=1S/C10H16BrN3O/c1-10(2,11)9(15)13(3)6-8-5-12-14(4)7-8/h5,7H,6H2,1-4H3. The van der Waals surface area contributed by atoms with Crippen molar-refractivity contribution in [3.8, 4) is 0 Å². The Hall–Kier alpha value is -0.840. The third kappa shape index (κ3) is 3.34. The van der Waals surface area contributed by atoms with Gasteiger partial charge in [0.05, 0.1) is 10.5 Å². The van der Waals surface area contributed by atoms with Gasteiger partial charge in [-0.3, -0.25) is 9.48 Å². The average Bonchev–Trinajstić information content (AvgIpc) is 2.48. The lowest BCUT2D eigenvalue weighted by atomic mass is 10.2. The van der Waals surface area contributed by atoms with E-state index in [2.05, 4.69) is 21.0 Å².